The minimum absolute atomic E-state index is 0.0604. The lowest BCUT2D eigenvalue weighted by Gasteiger charge is -2.12. The minimum Gasteiger partial charge on any atom is -0.361 e. The molecule has 4 heteroatoms. The molecule has 1 heterocycles. The third-order valence-electron chi connectivity index (χ3n) is 4.03. The van der Waals surface area contributed by atoms with Crippen molar-refractivity contribution in [1.82, 2.24) is 10.3 Å². The fourth-order valence-corrected chi connectivity index (χ4v) is 2.81. The molecule has 1 amide bonds. The summed E-state index contributed by atoms with van der Waals surface area (Å²) in [6.45, 7) is 2.48. The van der Waals surface area contributed by atoms with E-state index in [0.717, 1.165) is 17.5 Å². The van der Waals surface area contributed by atoms with Crippen LogP contribution < -0.4 is 5.32 Å². The monoisotopic (exact) mass is 326 g/mol. The molecule has 1 atom stereocenters. The highest BCUT2D eigenvalue weighted by Crippen LogP contribution is 2.20. The summed E-state index contributed by atoms with van der Waals surface area (Å²) in [4.78, 5) is 15.5. The molecule has 0 fully saturated rings. The van der Waals surface area contributed by atoms with E-state index in [-0.39, 0.29) is 11.8 Å². The third kappa shape index (κ3) is 3.74. The maximum atomic E-state index is 12.3. The van der Waals surface area contributed by atoms with E-state index in [9.17, 15) is 4.79 Å². The van der Waals surface area contributed by atoms with E-state index in [1.165, 1.54) is 10.9 Å². The summed E-state index contributed by atoms with van der Waals surface area (Å²) in [6.07, 6.45) is 2.71. The first-order chi connectivity index (χ1) is 11.1. The number of halogens is 1. The number of aromatic nitrogens is 1. The van der Waals surface area contributed by atoms with Crippen LogP contribution in [0.3, 0.4) is 0 Å². The summed E-state index contributed by atoms with van der Waals surface area (Å²) < 4.78 is 0. The fourth-order valence-electron chi connectivity index (χ4n) is 2.69. The quantitative estimate of drug-likeness (QED) is 0.720. The highest BCUT2D eigenvalue weighted by Gasteiger charge is 2.15. The summed E-state index contributed by atoms with van der Waals surface area (Å²) in [5.74, 6) is -0.0215. The van der Waals surface area contributed by atoms with Crippen molar-refractivity contribution in [3.05, 3.63) is 70.9 Å². The van der Waals surface area contributed by atoms with Gasteiger partial charge < -0.3 is 10.3 Å². The van der Waals surface area contributed by atoms with Gasteiger partial charge in [-0.1, -0.05) is 48.9 Å². The smallest absolute Gasteiger partial charge is 0.223 e. The summed E-state index contributed by atoms with van der Waals surface area (Å²) >= 11 is 5.86. The van der Waals surface area contributed by atoms with Crippen LogP contribution in [0.4, 0.5) is 0 Å². The van der Waals surface area contributed by atoms with Crippen LogP contribution in [0.15, 0.2) is 54.7 Å². The number of carbonyl (C=O) groups is 1. The zero-order valence-corrected chi connectivity index (χ0v) is 13.7. The van der Waals surface area contributed by atoms with Gasteiger partial charge >= 0.3 is 0 Å². The number of para-hydroxylation sites is 1. The van der Waals surface area contributed by atoms with Crippen LogP contribution in [-0.2, 0) is 17.8 Å². The van der Waals surface area contributed by atoms with E-state index >= 15 is 0 Å². The summed E-state index contributed by atoms with van der Waals surface area (Å²) in [5.41, 5.74) is 3.33. The van der Waals surface area contributed by atoms with E-state index in [1.807, 2.05) is 55.6 Å². The molecule has 3 rings (SSSR count). The van der Waals surface area contributed by atoms with Crippen LogP contribution in [0, 0.1) is 5.92 Å². The SMILES string of the molecule is CC(Cc1c[nH]c2ccccc12)C(=O)NCc1ccc(Cl)cc1. The van der Waals surface area contributed by atoms with Gasteiger partial charge in [-0.05, 0) is 35.7 Å². The van der Waals surface area contributed by atoms with Crippen molar-refractivity contribution in [1.29, 1.82) is 0 Å². The third-order valence-corrected chi connectivity index (χ3v) is 4.28. The van der Waals surface area contributed by atoms with Crippen molar-refractivity contribution in [3.8, 4) is 0 Å². The van der Waals surface area contributed by atoms with Crippen LogP contribution in [0.2, 0.25) is 5.02 Å². The maximum absolute atomic E-state index is 12.3. The van der Waals surface area contributed by atoms with Crippen LogP contribution in [0.1, 0.15) is 18.1 Å². The number of fused-ring (bicyclic) bond motifs is 1. The largest absolute Gasteiger partial charge is 0.361 e. The highest BCUT2D eigenvalue weighted by atomic mass is 35.5. The number of carbonyl (C=O) groups excluding carboxylic acids is 1. The van der Waals surface area contributed by atoms with Crippen molar-refractivity contribution in [3.63, 3.8) is 0 Å². The molecule has 118 valence electrons. The van der Waals surface area contributed by atoms with Gasteiger partial charge in [0.25, 0.3) is 0 Å². The van der Waals surface area contributed by atoms with E-state index in [0.29, 0.717) is 11.6 Å². The van der Waals surface area contributed by atoms with Gasteiger partial charge in [0.2, 0.25) is 5.91 Å². The molecule has 0 radical (unpaired) electrons. The Balaban J connectivity index is 1.60. The van der Waals surface area contributed by atoms with Gasteiger partial charge in [0.1, 0.15) is 0 Å². The molecule has 0 aliphatic carbocycles. The Morgan fingerprint density at radius 1 is 1.17 bits per heavy atom. The average Bonchev–Trinajstić information content (AvgIpc) is 2.97. The highest BCUT2D eigenvalue weighted by molar-refractivity contribution is 6.30. The summed E-state index contributed by atoms with van der Waals surface area (Å²) in [5, 5.41) is 4.87. The summed E-state index contributed by atoms with van der Waals surface area (Å²) in [7, 11) is 0. The molecule has 2 aromatic carbocycles. The molecule has 1 aromatic heterocycles. The van der Waals surface area contributed by atoms with Crippen molar-refractivity contribution in [2.75, 3.05) is 0 Å². The molecule has 1 unspecified atom stereocenters. The van der Waals surface area contributed by atoms with Crippen molar-refractivity contribution < 1.29 is 4.79 Å². The lowest BCUT2D eigenvalue weighted by molar-refractivity contribution is -0.124. The van der Waals surface area contributed by atoms with Crippen LogP contribution in [0.5, 0.6) is 0 Å². The Bertz CT molecular complexity index is 808. The zero-order chi connectivity index (χ0) is 16.2. The number of amides is 1. The number of H-pyrrole nitrogens is 1. The average molecular weight is 327 g/mol. The molecule has 0 saturated heterocycles. The Hall–Kier alpha value is -2.26. The minimum atomic E-state index is -0.0819. The summed E-state index contributed by atoms with van der Waals surface area (Å²) in [6, 6.07) is 15.7. The topological polar surface area (TPSA) is 44.9 Å². The predicted molar refractivity (Wildman–Crippen MR) is 94.5 cm³/mol. The number of aromatic amines is 1. The normalized spacial score (nSPS) is 12.3. The van der Waals surface area contributed by atoms with Gasteiger partial charge in [0.05, 0.1) is 0 Å². The van der Waals surface area contributed by atoms with Crippen LogP contribution >= 0.6 is 11.6 Å². The van der Waals surface area contributed by atoms with Gasteiger partial charge in [-0.3, -0.25) is 4.79 Å². The van der Waals surface area contributed by atoms with Crippen LogP contribution in [0.25, 0.3) is 10.9 Å². The lowest BCUT2D eigenvalue weighted by Crippen LogP contribution is -2.29. The first kappa shape index (κ1) is 15.6. The standard InChI is InChI=1S/C19H19ClN2O/c1-13(10-15-12-21-18-5-3-2-4-17(15)18)19(23)22-11-14-6-8-16(20)9-7-14/h2-9,12-13,21H,10-11H2,1H3,(H,22,23). The molecular formula is C19H19ClN2O. The van der Waals surface area contributed by atoms with Gasteiger partial charge in [0.15, 0.2) is 0 Å². The fraction of sp³-hybridized carbons (Fsp3) is 0.211. The number of nitrogens with one attached hydrogen (secondary N) is 2. The van der Waals surface area contributed by atoms with Crippen molar-refractivity contribution in [2.24, 2.45) is 5.92 Å². The Labute approximate surface area is 140 Å². The van der Waals surface area contributed by atoms with Crippen molar-refractivity contribution in [2.45, 2.75) is 19.9 Å². The van der Waals surface area contributed by atoms with Gasteiger partial charge in [-0.15, -0.1) is 0 Å². The molecule has 2 N–H and O–H groups in total. The molecule has 0 aliphatic heterocycles. The second-order valence-electron chi connectivity index (χ2n) is 5.81. The van der Waals surface area contributed by atoms with E-state index < -0.39 is 0 Å². The Kier molecular flexibility index (Phi) is 4.68. The number of benzene rings is 2. The van der Waals surface area contributed by atoms with E-state index in [1.54, 1.807) is 0 Å². The van der Waals surface area contributed by atoms with Crippen LogP contribution in [-0.4, -0.2) is 10.9 Å². The second kappa shape index (κ2) is 6.88. The first-order valence-corrected chi connectivity index (χ1v) is 8.08. The first-order valence-electron chi connectivity index (χ1n) is 7.70. The predicted octanol–water partition coefficient (Wildman–Crippen LogP) is 4.32. The van der Waals surface area contributed by atoms with Gasteiger partial charge in [-0.2, -0.15) is 0 Å². The number of hydrogen-bond donors (Lipinski definition) is 2. The second-order valence-corrected chi connectivity index (χ2v) is 6.25. The van der Waals surface area contributed by atoms with E-state index in [4.69, 9.17) is 11.6 Å². The Morgan fingerprint density at radius 2 is 1.91 bits per heavy atom. The molecule has 3 aromatic rings. The van der Waals surface area contributed by atoms with Gasteiger partial charge in [0, 0.05) is 34.6 Å². The number of rotatable bonds is 5. The van der Waals surface area contributed by atoms with Crippen molar-refractivity contribution >= 4 is 28.4 Å². The molecule has 0 saturated carbocycles. The zero-order valence-electron chi connectivity index (χ0n) is 13.0. The molecule has 0 spiro atoms. The molecule has 23 heavy (non-hydrogen) atoms. The lowest BCUT2D eigenvalue weighted by atomic mass is 10.00. The van der Waals surface area contributed by atoms with Gasteiger partial charge in [-0.25, -0.2) is 0 Å². The molecular weight excluding hydrogens is 308 g/mol. The maximum Gasteiger partial charge on any atom is 0.223 e. The molecule has 3 nitrogen and oxygen atoms in total. The Morgan fingerprint density at radius 3 is 2.70 bits per heavy atom. The molecule has 0 aliphatic rings. The van der Waals surface area contributed by atoms with E-state index in [2.05, 4.69) is 16.4 Å². The molecule has 0 bridgehead atoms. The number of hydrogen-bond acceptors (Lipinski definition) is 1.